The Kier molecular flexibility index (Phi) is 8.19. The zero-order valence-corrected chi connectivity index (χ0v) is 17.1. The summed E-state index contributed by atoms with van der Waals surface area (Å²) in [5.41, 5.74) is 1.44. The van der Waals surface area contributed by atoms with E-state index in [1.807, 2.05) is 37.3 Å². The molecule has 2 rings (SSSR count). The topological polar surface area (TPSA) is 81.7 Å². The normalized spacial score (nSPS) is 11.5. The van der Waals surface area contributed by atoms with Gasteiger partial charge >= 0.3 is 11.9 Å². The van der Waals surface area contributed by atoms with Crippen molar-refractivity contribution in [2.45, 2.75) is 39.5 Å². The number of thiophene rings is 1. The van der Waals surface area contributed by atoms with E-state index in [0.29, 0.717) is 10.6 Å². The number of benzene rings is 1. The number of nitrogens with one attached hydrogen (secondary N) is 1. The monoisotopic (exact) mass is 403 g/mol. The summed E-state index contributed by atoms with van der Waals surface area (Å²) in [5, 5.41) is 3.18. The molecular formula is C21H25NO5S. The van der Waals surface area contributed by atoms with Crippen molar-refractivity contribution >= 4 is 34.2 Å². The van der Waals surface area contributed by atoms with Crippen molar-refractivity contribution in [3.63, 3.8) is 0 Å². The number of ether oxygens (including phenoxy) is 2. The molecule has 0 fully saturated rings. The van der Waals surface area contributed by atoms with Gasteiger partial charge in [0.1, 0.15) is 5.00 Å². The molecule has 0 saturated heterocycles. The van der Waals surface area contributed by atoms with Crippen molar-refractivity contribution < 1.29 is 23.9 Å². The molecule has 1 N–H and O–H groups in total. The Morgan fingerprint density at radius 1 is 1.04 bits per heavy atom. The van der Waals surface area contributed by atoms with Crippen molar-refractivity contribution in [3.8, 4) is 0 Å². The minimum absolute atomic E-state index is 0.00688. The van der Waals surface area contributed by atoms with Crippen molar-refractivity contribution in [2.24, 2.45) is 0 Å². The van der Waals surface area contributed by atoms with Crippen LogP contribution in [0.4, 0.5) is 5.00 Å². The van der Waals surface area contributed by atoms with E-state index in [1.54, 1.807) is 19.9 Å². The standard InChI is InChI=1S/C21H25NO5S/c1-4-26-19(24)12-11-18(23)22-20-16(21(25)27-5-2)13-17(28-20)14(3)15-9-7-6-8-10-15/h6-10,13-14H,4-5,11-12H2,1-3H3,(H,22,23). The molecule has 1 unspecified atom stereocenters. The van der Waals surface area contributed by atoms with Gasteiger partial charge in [0.25, 0.3) is 0 Å². The van der Waals surface area contributed by atoms with E-state index in [4.69, 9.17) is 9.47 Å². The first-order chi connectivity index (χ1) is 13.5. The highest BCUT2D eigenvalue weighted by atomic mass is 32.1. The fourth-order valence-electron chi connectivity index (χ4n) is 2.62. The number of rotatable bonds is 9. The number of hydrogen-bond donors (Lipinski definition) is 1. The van der Waals surface area contributed by atoms with Crippen LogP contribution in [0.5, 0.6) is 0 Å². The van der Waals surface area contributed by atoms with E-state index in [9.17, 15) is 14.4 Å². The predicted octanol–water partition coefficient (Wildman–Crippen LogP) is 4.36. The number of esters is 2. The van der Waals surface area contributed by atoms with Gasteiger partial charge in [0.15, 0.2) is 0 Å². The Bertz CT molecular complexity index is 815. The number of anilines is 1. The zero-order valence-electron chi connectivity index (χ0n) is 16.3. The second-order valence-electron chi connectivity index (χ2n) is 6.10. The van der Waals surface area contributed by atoms with Gasteiger partial charge < -0.3 is 14.8 Å². The van der Waals surface area contributed by atoms with Crippen LogP contribution < -0.4 is 5.32 Å². The molecule has 28 heavy (non-hydrogen) atoms. The molecule has 2 aromatic rings. The van der Waals surface area contributed by atoms with Crippen LogP contribution in [0.15, 0.2) is 36.4 Å². The molecule has 0 spiro atoms. The van der Waals surface area contributed by atoms with E-state index < -0.39 is 11.9 Å². The molecule has 7 heteroatoms. The lowest BCUT2D eigenvalue weighted by Gasteiger charge is -2.09. The van der Waals surface area contributed by atoms with Crippen molar-refractivity contribution in [1.29, 1.82) is 0 Å². The Balaban J connectivity index is 2.19. The Morgan fingerprint density at radius 2 is 1.71 bits per heavy atom. The summed E-state index contributed by atoms with van der Waals surface area (Å²) in [4.78, 5) is 36.9. The lowest BCUT2D eigenvalue weighted by Crippen LogP contribution is -2.16. The molecule has 1 atom stereocenters. The summed E-state index contributed by atoms with van der Waals surface area (Å²) in [5.74, 6) is -1.19. The molecule has 1 aromatic carbocycles. The quantitative estimate of drug-likeness (QED) is 0.629. The smallest absolute Gasteiger partial charge is 0.341 e. The van der Waals surface area contributed by atoms with Gasteiger partial charge in [-0.1, -0.05) is 37.3 Å². The molecular weight excluding hydrogens is 378 g/mol. The van der Waals surface area contributed by atoms with E-state index >= 15 is 0 Å². The minimum atomic E-state index is -0.481. The van der Waals surface area contributed by atoms with E-state index in [2.05, 4.69) is 5.32 Å². The van der Waals surface area contributed by atoms with Crippen LogP contribution in [0.1, 0.15) is 60.3 Å². The summed E-state index contributed by atoms with van der Waals surface area (Å²) >= 11 is 1.34. The number of carbonyl (C=O) groups excluding carboxylic acids is 3. The average molecular weight is 404 g/mol. The Labute approximate surface area is 168 Å². The molecule has 0 aliphatic carbocycles. The van der Waals surface area contributed by atoms with Gasteiger partial charge in [-0.2, -0.15) is 0 Å². The fourth-order valence-corrected chi connectivity index (χ4v) is 3.76. The van der Waals surface area contributed by atoms with Crippen LogP contribution in [-0.2, 0) is 19.1 Å². The first kappa shape index (κ1) is 21.6. The van der Waals surface area contributed by atoms with Crippen LogP contribution in [0.25, 0.3) is 0 Å². The first-order valence-electron chi connectivity index (χ1n) is 9.27. The summed E-state index contributed by atoms with van der Waals surface area (Å²) < 4.78 is 9.95. The maximum absolute atomic E-state index is 12.3. The summed E-state index contributed by atoms with van der Waals surface area (Å²) in [6.07, 6.45) is -0.0182. The lowest BCUT2D eigenvalue weighted by atomic mass is 9.99. The third kappa shape index (κ3) is 5.92. The van der Waals surface area contributed by atoms with Crippen molar-refractivity contribution in [1.82, 2.24) is 0 Å². The second kappa shape index (κ2) is 10.6. The van der Waals surface area contributed by atoms with E-state index in [1.165, 1.54) is 11.3 Å². The summed E-state index contributed by atoms with van der Waals surface area (Å²) in [7, 11) is 0. The van der Waals surface area contributed by atoms with Gasteiger partial charge in [-0.25, -0.2) is 4.79 Å². The molecule has 6 nitrogen and oxygen atoms in total. The number of carbonyl (C=O) groups is 3. The Hall–Kier alpha value is -2.67. The molecule has 0 radical (unpaired) electrons. The molecule has 1 amide bonds. The second-order valence-corrected chi connectivity index (χ2v) is 7.18. The van der Waals surface area contributed by atoms with Gasteiger partial charge in [-0.15, -0.1) is 11.3 Å². The molecule has 0 bridgehead atoms. The van der Waals surface area contributed by atoms with Crippen molar-refractivity contribution in [3.05, 3.63) is 52.4 Å². The highest BCUT2D eigenvalue weighted by Gasteiger charge is 2.22. The predicted molar refractivity (Wildman–Crippen MR) is 109 cm³/mol. The van der Waals surface area contributed by atoms with Gasteiger partial charge in [0.2, 0.25) is 5.91 Å². The summed E-state index contributed by atoms with van der Waals surface area (Å²) in [6, 6.07) is 11.7. The van der Waals surface area contributed by atoms with Gasteiger partial charge in [0.05, 0.1) is 25.2 Å². The highest BCUT2D eigenvalue weighted by Crippen LogP contribution is 2.36. The van der Waals surface area contributed by atoms with E-state index in [0.717, 1.165) is 10.4 Å². The average Bonchev–Trinajstić information content (AvgIpc) is 3.10. The largest absolute Gasteiger partial charge is 0.466 e. The first-order valence-corrected chi connectivity index (χ1v) is 10.1. The fraction of sp³-hybridized carbons (Fsp3) is 0.381. The van der Waals surface area contributed by atoms with Gasteiger partial charge in [-0.05, 0) is 25.5 Å². The lowest BCUT2D eigenvalue weighted by molar-refractivity contribution is -0.144. The maximum Gasteiger partial charge on any atom is 0.341 e. The van der Waals surface area contributed by atoms with E-state index in [-0.39, 0.29) is 37.9 Å². The van der Waals surface area contributed by atoms with Crippen LogP contribution >= 0.6 is 11.3 Å². The molecule has 0 aliphatic heterocycles. The SMILES string of the molecule is CCOC(=O)CCC(=O)Nc1sc(C(C)c2ccccc2)cc1C(=O)OCC. The molecule has 0 aliphatic rings. The third-order valence-corrected chi connectivity index (χ3v) is 5.32. The van der Waals surface area contributed by atoms with Crippen molar-refractivity contribution in [2.75, 3.05) is 18.5 Å². The number of amides is 1. The van der Waals surface area contributed by atoms with Crippen LogP contribution in [-0.4, -0.2) is 31.1 Å². The van der Waals surface area contributed by atoms with Crippen LogP contribution in [0.2, 0.25) is 0 Å². The van der Waals surface area contributed by atoms with Gasteiger partial charge in [-0.3, -0.25) is 9.59 Å². The molecule has 1 heterocycles. The molecule has 150 valence electrons. The summed E-state index contributed by atoms with van der Waals surface area (Å²) in [6.45, 7) is 6.01. The number of hydrogen-bond acceptors (Lipinski definition) is 6. The third-order valence-electron chi connectivity index (χ3n) is 4.09. The maximum atomic E-state index is 12.3. The molecule has 0 saturated carbocycles. The van der Waals surface area contributed by atoms with Crippen LogP contribution in [0, 0.1) is 0 Å². The van der Waals surface area contributed by atoms with Gasteiger partial charge in [0, 0.05) is 17.2 Å². The zero-order chi connectivity index (χ0) is 20.5. The Morgan fingerprint density at radius 3 is 2.36 bits per heavy atom. The minimum Gasteiger partial charge on any atom is -0.466 e. The molecule has 1 aromatic heterocycles. The highest BCUT2D eigenvalue weighted by molar-refractivity contribution is 7.16. The van der Waals surface area contributed by atoms with Crippen LogP contribution in [0.3, 0.4) is 0 Å².